The van der Waals surface area contributed by atoms with E-state index in [0.717, 1.165) is 0 Å². The van der Waals surface area contributed by atoms with Crippen molar-refractivity contribution in [2.24, 2.45) is 0 Å². The molecule has 0 spiro atoms. The second-order valence-corrected chi connectivity index (χ2v) is 3.82. The molecular weight excluding hydrogens is 156 g/mol. The molecule has 0 aliphatic rings. The van der Waals surface area contributed by atoms with Gasteiger partial charge in [-0.25, -0.2) is 0 Å². The van der Waals surface area contributed by atoms with Gasteiger partial charge in [-0.05, 0) is 56.7 Å². The summed E-state index contributed by atoms with van der Waals surface area (Å²) in [5, 5.41) is 0. The zero-order chi connectivity index (χ0) is 9.84. The normalized spacial score (nSPS) is 10.5. The smallest absolute Gasteiger partial charge is 0.0271 e. The standard InChI is InChI=1S/C13H19/c1-5-6-7-13-11(3)8-10(2)9-12(13)4/h5,8-9H,6-7H2,1-4H3. The van der Waals surface area contributed by atoms with Crippen LogP contribution in [0.4, 0.5) is 0 Å². The third kappa shape index (κ3) is 2.58. The first kappa shape index (κ1) is 10.3. The Morgan fingerprint density at radius 2 is 1.62 bits per heavy atom. The van der Waals surface area contributed by atoms with Crippen LogP contribution in [-0.4, -0.2) is 0 Å². The Balaban J connectivity index is 2.92. The largest absolute Gasteiger partial charge is 0.0622 e. The lowest BCUT2D eigenvalue weighted by Gasteiger charge is -2.10. The van der Waals surface area contributed by atoms with Crippen LogP contribution in [0.1, 0.15) is 35.6 Å². The Kier molecular flexibility index (Phi) is 3.53. The van der Waals surface area contributed by atoms with Gasteiger partial charge >= 0.3 is 0 Å². The fraction of sp³-hybridized carbons (Fsp3) is 0.462. The van der Waals surface area contributed by atoms with Crippen LogP contribution in [0.15, 0.2) is 12.1 Å². The predicted octanol–water partition coefficient (Wildman–Crippen LogP) is 3.77. The molecular formula is C13H19. The van der Waals surface area contributed by atoms with Gasteiger partial charge in [0.2, 0.25) is 0 Å². The highest BCUT2D eigenvalue weighted by Crippen LogP contribution is 2.18. The molecule has 0 aromatic heterocycles. The molecule has 0 heteroatoms. The predicted molar refractivity (Wildman–Crippen MR) is 58.9 cm³/mol. The van der Waals surface area contributed by atoms with E-state index in [4.69, 9.17) is 0 Å². The molecule has 0 N–H and O–H groups in total. The van der Waals surface area contributed by atoms with Crippen molar-refractivity contribution in [3.05, 3.63) is 40.8 Å². The third-order valence-electron chi connectivity index (χ3n) is 2.52. The molecule has 0 fully saturated rings. The summed E-state index contributed by atoms with van der Waals surface area (Å²) in [6, 6.07) is 4.55. The van der Waals surface area contributed by atoms with Gasteiger partial charge in [-0.2, -0.15) is 0 Å². The summed E-state index contributed by atoms with van der Waals surface area (Å²) in [5.41, 5.74) is 5.79. The molecule has 0 unspecified atom stereocenters. The summed E-state index contributed by atoms with van der Waals surface area (Å²) in [5.74, 6) is 0. The van der Waals surface area contributed by atoms with E-state index in [1.807, 2.05) is 0 Å². The van der Waals surface area contributed by atoms with E-state index in [2.05, 4.69) is 46.2 Å². The minimum absolute atomic E-state index is 1.19. The SMILES string of the molecule is C[CH]CCc1c(C)cc(C)cc1C. The number of hydrogen-bond donors (Lipinski definition) is 0. The van der Waals surface area contributed by atoms with E-state index in [1.165, 1.54) is 35.1 Å². The molecule has 1 radical (unpaired) electrons. The monoisotopic (exact) mass is 175 g/mol. The van der Waals surface area contributed by atoms with Gasteiger partial charge in [0.25, 0.3) is 0 Å². The van der Waals surface area contributed by atoms with Crippen molar-refractivity contribution in [2.75, 3.05) is 0 Å². The molecule has 0 amide bonds. The lowest BCUT2D eigenvalue weighted by atomic mass is 9.96. The average Bonchev–Trinajstić information content (AvgIpc) is 2.02. The van der Waals surface area contributed by atoms with Crippen LogP contribution in [0.3, 0.4) is 0 Å². The number of benzene rings is 1. The summed E-state index contributed by atoms with van der Waals surface area (Å²) >= 11 is 0. The highest BCUT2D eigenvalue weighted by atomic mass is 14.1. The molecule has 0 heterocycles. The first-order valence-electron chi connectivity index (χ1n) is 4.99. The Bertz CT molecular complexity index is 261. The fourth-order valence-electron chi connectivity index (χ4n) is 1.89. The molecule has 71 valence electrons. The number of hydrogen-bond acceptors (Lipinski definition) is 0. The minimum atomic E-state index is 1.19. The molecule has 0 saturated heterocycles. The summed E-state index contributed by atoms with van der Waals surface area (Å²) in [4.78, 5) is 0. The first-order valence-corrected chi connectivity index (χ1v) is 4.99. The van der Waals surface area contributed by atoms with Crippen molar-refractivity contribution in [1.29, 1.82) is 0 Å². The maximum atomic E-state index is 2.28. The van der Waals surface area contributed by atoms with Crippen LogP contribution in [0.5, 0.6) is 0 Å². The Morgan fingerprint density at radius 3 is 2.08 bits per heavy atom. The van der Waals surface area contributed by atoms with Crippen molar-refractivity contribution < 1.29 is 0 Å². The second kappa shape index (κ2) is 4.45. The maximum absolute atomic E-state index is 2.28. The van der Waals surface area contributed by atoms with Crippen molar-refractivity contribution in [2.45, 2.75) is 40.5 Å². The van der Waals surface area contributed by atoms with Crippen molar-refractivity contribution >= 4 is 0 Å². The number of rotatable bonds is 3. The van der Waals surface area contributed by atoms with Gasteiger partial charge in [0.1, 0.15) is 0 Å². The summed E-state index contributed by atoms with van der Waals surface area (Å²) in [7, 11) is 0. The Labute approximate surface area is 82.0 Å². The maximum Gasteiger partial charge on any atom is -0.0271 e. The van der Waals surface area contributed by atoms with Crippen molar-refractivity contribution in [1.82, 2.24) is 0 Å². The third-order valence-corrected chi connectivity index (χ3v) is 2.52. The minimum Gasteiger partial charge on any atom is -0.0622 e. The zero-order valence-corrected chi connectivity index (χ0v) is 9.15. The molecule has 1 aromatic carbocycles. The van der Waals surface area contributed by atoms with Crippen LogP contribution >= 0.6 is 0 Å². The van der Waals surface area contributed by atoms with Crippen LogP contribution in [-0.2, 0) is 6.42 Å². The Morgan fingerprint density at radius 1 is 1.08 bits per heavy atom. The number of aryl methyl sites for hydroxylation is 3. The quantitative estimate of drug-likeness (QED) is 0.656. The van der Waals surface area contributed by atoms with Gasteiger partial charge in [-0.3, -0.25) is 0 Å². The van der Waals surface area contributed by atoms with E-state index in [-0.39, 0.29) is 0 Å². The molecule has 1 aromatic rings. The average molecular weight is 175 g/mol. The van der Waals surface area contributed by atoms with Gasteiger partial charge in [0.15, 0.2) is 0 Å². The van der Waals surface area contributed by atoms with Crippen LogP contribution in [0, 0.1) is 27.2 Å². The van der Waals surface area contributed by atoms with Gasteiger partial charge in [0, 0.05) is 0 Å². The van der Waals surface area contributed by atoms with Crippen molar-refractivity contribution in [3.8, 4) is 0 Å². The lowest BCUT2D eigenvalue weighted by Crippen LogP contribution is -1.95. The molecule has 0 nitrogen and oxygen atoms in total. The molecule has 0 atom stereocenters. The van der Waals surface area contributed by atoms with E-state index in [9.17, 15) is 0 Å². The lowest BCUT2D eigenvalue weighted by molar-refractivity contribution is 0.915. The van der Waals surface area contributed by atoms with E-state index >= 15 is 0 Å². The van der Waals surface area contributed by atoms with Crippen molar-refractivity contribution in [3.63, 3.8) is 0 Å². The molecule has 0 bridgehead atoms. The van der Waals surface area contributed by atoms with Gasteiger partial charge in [-0.1, -0.05) is 24.6 Å². The van der Waals surface area contributed by atoms with Gasteiger partial charge < -0.3 is 0 Å². The zero-order valence-electron chi connectivity index (χ0n) is 9.15. The fourth-order valence-corrected chi connectivity index (χ4v) is 1.89. The summed E-state index contributed by atoms with van der Waals surface area (Å²) < 4.78 is 0. The highest BCUT2D eigenvalue weighted by molar-refractivity contribution is 5.37. The van der Waals surface area contributed by atoms with Crippen LogP contribution in [0.25, 0.3) is 0 Å². The summed E-state index contributed by atoms with van der Waals surface area (Å²) in [6.45, 7) is 8.71. The molecule has 0 aliphatic carbocycles. The second-order valence-electron chi connectivity index (χ2n) is 3.82. The topological polar surface area (TPSA) is 0 Å². The number of unbranched alkanes of at least 4 members (excludes halogenated alkanes) is 1. The van der Waals surface area contributed by atoms with Crippen LogP contribution in [0.2, 0.25) is 0 Å². The molecule has 13 heavy (non-hydrogen) atoms. The van der Waals surface area contributed by atoms with E-state index < -0.39 is 0 Å². The Hall–Kier alpha value is -0.780. The molecule has 1 rings (SSSR count). The van der Waals surface area contributed by atoms with Gasteiger partial charge in [0.05, 0.1) is 0 Å². The summed E-state index contributed by atoms with van der Waals surface area (Å²) in [6.07, 6.45) is 4.61. The highest BCUT2D eigenvalue weighted by Gasteiger charge is 2.02. The van der Waals surface area contributed by atoms with Crippen LogP contribution < -0.4 is 0 Å². The molecule has 0 aliphatic heterocycles. The van der Waals surface area contributed by atoms with E-state index in [0.29, 0.717) is 0 Å². The van der Waals surface area contributed by atoms with E-state index in [1.54, 1.807) is 0 Å². The van der Waals surface area contributed by atoms with Gasteiger partial charge in [-0.15, -0.1) is 0 Å². The first-order chi connectivity index (χ1) is 6.15. The molecule has 0 saturated carbocycles.